The summed E-state index contributed by atoms with van der Waals surface area (Å²) < 4.78 is 5.65. The smallest absolute Gasteiger partial charge is 0.248 e. The fourth-order valence-corrected chi connectivity index (χ4v) is 2.66. The van der Waals surface area contributed by atoms with Crippen molar-refractivity contribution in [3.63, 3.8) is 0 Å². The van der Waals surface area contributed by atoms with E-state index in [0.29, 0.717) is 25.9 Å². The maximum Gasteiger partial charge on any atom is 0.248 e. The summed E-state index contributed by atoms with van der Waals surface area (Å²) in [7, 11) is 0. The van der Waals surface area contributed by atoms with Crippen molar-refractivity contribution in [1.82, 2.24) is 10.2 Å². The molecule has 0 spiro atoms. The maximum atomic E-state index is 12.0. The van der Waals surface area contributed by atoms with Crippen LogP contribution in [0, 0.1) is 5.92 Å². The lowest BCUT2D eigenvalue weighted by molar-refractivity contribution is -0.141. The molecule has 0 unspecified atom stereocenters. The van der Waals surface area contributed by atoms with Gasteiger partial charge in [-0.1, -0.05) is 0 Å². The Bertz CT molecular complexity index is 321. The van der Waals surface area contributed by atoms with Gasteiger partial charge >= 0.3 is 0 Å². The number of carbonyl (C=O) groups is 2. The largest absolute Gasteiger partial charge is 0.369 e. The van der Waals surface area contributed by atoms with Crippen LogP contribution in [-0.2, 0) is 14.3 Å². The van der Waals surface area contributed by atoms with E-state index in [1.54, 1.807) is 4.90 Å². The molecule has 0 atom stereocenters. The zero-order valence-electron chi connectivity index (χ0n) is 11.3. The van der Waals surface area contributed by atoms with E-state index in [-0.39, 0.29) is 30.4 Å². The quantitative estimate of drug-likeness (QED) is 0.719. The molecule has 3 N–H and O–H groups in total. The number of carbonyl (C=O) groups excluding carboxylic acids is 2. The highest BCUT2D eigenvalue weighted by atomic mass is 16.5. The molecule has 0 bridgehead atoms. The summed E-state index contributed by atoms with van der Waals surface area (Å²) in [4.78, 5) is 24.8. The number of nitrogens with two attached hydrogens (primary N) is 1. The van der Waals surface area contributed by atoms with Crippen LogP contribution in [0.5, 0.6) is 0 Å². The lowest BCUT2D eigenvalue weighted by atomic mass is 9.96. The van der Waals surface area contributed by atoms with E-state index in [4.69, 9.17) is 10.5 Å². The van der Waals surface area contributed by atoms with Crippen LogP contribution in [0.2, 0.25) is 0 Å². The van der Waals surface area contributed by atoms with E-state index < -0.39 is 0 Å². The minimum atomic E-state index is -0.252. The maximum absolute atomic E-state index is 12.0. The Labute approximate surface area is 113 Å². The number of rotatable bonds is 4. The number of nitrogens with one attached hydrogen (secondary N) is 1. The number of amides is 2. The fraction of sp³-hybridized carbons (Fsp3) is 0.846. The van der Waals surface area contributed by atoms with Gasteiger partial charge in [0.15, 0.2) is 0 Å². The van der Waals surface area contributed by atoms with E-state index in [1.165, 1.54) is 0 Å². The molecule has 0 saturated carbocycles. The molecular formula is C13H23N3O3. The topological polar surface area (TPSA) is 84.7 Å². The molecule has 2 aliphatic rings. The molecule has 6 nitrogen and oxygen atoms in total. The summed E-state index contributed by atoms with van der Waals surface area (Å²) in [5.74, 6) is -0.297. The van der Waals surface area contributed by atoms with Crippen molar-refractivity contribution in [1.29, 1.82) is 0 Å². The number of likely N-dealkylation sites (tertiary alicyclic amines) is 1. The first kappa shape index (κ1) is 14.3. The van der Waals surface area contributed by atoms with Gasteiger partial charge in [-0.2, -0.15) is 0 Å². The number of nitrogens with zero attached hydrogens (tertiary/aromatic N) is 1. The molecule has 2 rings (SSSR count). The minimum Gasteiger partial charge on any atom is -0.369 e. The Morgan fingerprint density at radius 3 is 2.37 bits per heavy atom. The molecule has 0 aromatic heterocycles. The van der Waals surface area contributed by atoms with Gasteiger partial charge in [-0.05, 0) is 38.8 Å². The Morgan fingerprint density at radius 2 is 1.79 bits per heavy atom. The molecule has 2 aliphatic heterocycles. The molecule has 2 saturated heterocycles. The number of primary amides is 1. The summed E-state index contributed by atoms with van der Waals surface area (Å²) in [6.07, 6.45) is 3.49. The van der Waals surface area contributed by atoms with Crippen molar-refractivity contribution in [3.05, 3.63) is 0 Å². The van der Waals surface area contributed by atoms with Crippen LogP contribution in [0.1, 0.15) is 25.7 Å². The highest BCUT2D eigenvalue weighted by Crippen LogP contribution is 2.17. The standard InChI is InChI=1S/C13H23N3O3/c14-13(18)10-3-7-16(8-4-10)12(17)9-19-11-1-5-15-6-2-11/h10-11,15H,1-9H2,(H2,14,18). The van der Waals surface area contributed by atoms with Crippen LogP contribution in [0.3, 0.4) is 0 Å². The zero-order valence-corrected chi connectivity index (χ0v) is 11.3. The summed E-state index contributed by atoms with van der Waals surface area (Å²) in [6.45, 7) is 3.31. The van der Waals surface area contributed by atoms with Crippen LogP contribution in [0.4, 0.5) is 0 Å². The van der Waals surface area contributed by atoms with Crippen molar-refractivity contribution >= 4 is 11.8 Å². The first-order valence-electron chi connectivity index (χ1n) is 7.06. The van der Waals surface area contributed by atoms with Gasteiger partial charge in [0.2, 0.25) is 11.8 Å². The Hall–Kier alpha value is -1.14. The van der Waals surface area contributed by atoms with Gasteiger partial charge in [-0.3, -0.25) is 9.59 Å². The third-order valence-corrected chi connectivity index (χ3v) is 3.98. The molecule has 2 amide bonds. The fourth-order valence-electron chi connectivity index (χ4n) is 2.66. The molecule has 6 heteroatoms. The van der Waals surface area contributed by atoms with Crippen molar-refractivity contribution in [3.8, 4) is 0 Å². The van der Waals surface area contributed by atoms with Crippen LogP contribution in [-0.4, -0.2) is 55.6 Å². The van der Waals surface area contributed by atoms with Gasteiger partial charge in [0.1, 0.15) is 6.61 Å². The lowest BCUT2D eigenvalue weighted by Crippen LogP contribution is -2.44. The number of ether oxygens (including phenoxy) is 1. The predicted molar refractivity (Wildman–Crippen MR) is 70.3 cm³/mol. The normalized spacial score (nSPS) is 22.4. The Kier molecular flexibility index (Phi) is 5.15. The first-order chi connectivity index (χ1) is 9.16. The molecule has 2 fully saturated rings. The van der Waals surface area contributed by atoms with Gasteiger partial charge in [0.05, 0.1) is 6.10 Å². The van der Waals surface area contributed by atoms with Gasteiger partial charge in [-0.25, -0.2) is 0 Å². The van der Waals surface area contributed by atoms with Crippen LogP contribution < -0.4 is 11.1 Å². The second kappa shape index (κ2) is 6.86. The van der Waals surface area contributed by atoms with Crippen LogP contribution in [0.15, 0.2) is 0 Å². The molecule has 0 radical (unpaired) electrons. The average molecular weight is 269 g/mol. The second-order valence-corrected chi connectivity index (χ2v) is 5.32. The molecule has 2 heterocycles. The van der Waals surface area contributed by atoms with E-state index in [0.717, 1.165) is 25.9 Å². The van der Waals surface area contributed by atoms with Gasteiger partial charge < -0.3 is 20.7 Å². The van der Waals surface area contributed by atoms with Gasteiger partial charge in [0, 0.05) is 19.0 Å². The van der Waals surface area contributed by atoms with E-state index in [9.17, 15) is 9.59 Å². The van der Waals surface area contributed by atoms with Crippen LogP contribution in [0.25, 0.3) is 0 Å². The molecule has 19 heavy (non-hydrogen) atoms. The molecule has 108 valence electrons. The van der Waals surface area contributed by atoms with Crippen molar-refractivity contribution in [2.75, 3.05) is 32.8 Å². The summed E-state index contributed by atoms with van der Waals surface area (Å²) in [5, 5.41) is 3.26. The lowest BCUT2D eigenvalue weighted by Gasteiger charge is -2.31. The Morgan fingerprint density at radius 1 is 1.16 bits per heavy atom. The van der Waals surface area contributed by atoms with E-state index in [1.807, 2.05) is 0 Å². The molecule has 0 aromatic rings. The van der Waals surface area contributed by atoms with Crippen molar-refractivity contribution < 1.29 is 14.3 Å². The SMILES string of the molecule is NC(=O)C1CCN(C(=O)COC2CCNCC2)CC1. The average Bonchev–Trinajstić information content (AvgIpc) is 2.46. The highest BCUT2D eigenvalue weighted by molar-refractivity contribution is 5.79. The zero-order chi connectivity index (χ0) is 13.7. The van der Waals surface area contributed by atoms with E-state index >= 15 is 0 Å². The monoisotopic (exact) mass is 269 g/mol. The molecule has 0 aromatic carbocycles. The first-order valence-corrected chi connectivity index (χ1v) is 7.06. The number of piperidine rings is 2. The predicted octanol–water partition coefficient (Wildman–Crippen LogP) is -0.521. The van der Waals surface area contributed by atoms with Crippen molar-refractivity contribution in [2.24, 2.45) is 11.7 Å². The second-order valence-electron chi connectivity index (χ2n) is 5.32. The van der Waals surface area contributed by atoms with Gasteiger partial charge in [-0.15, -0.1) is 0 Å². The van der Waals surface area contributed by atoms with Crippen LogP contribution >= 0.6 is 0 Å². The van der Waals surface area contributed by atoms with Gasteiger partial charge in [0.25, 0.3) is 0 Å². The molecule has 0 aliphatic carbocycles. The van der Waals surface area contributed by atoms with Crippen molar-refractivity contribution in [2.45, 2.75) is 31.8 Å². The third kappa shape index (κ3) is 4.18. The molecular weight excluding hydrogens is 246 g/mol. The number of hydrogen-bond acceptors (Lipinski definition) is 4. The number of hydrogen-bond donors (Lipinski definition) is 2. The minimum absolute atomic E-state index is 0.0291. The summed E-state index contributed by atoms with van der Waals surface area (Å²) >= 11 is 0. The summed E-state index contributed by atoms with van der Waals surface area (Å²) in [5.41, 5.74) is 5.27. The third-order valence-electron chi connectivity index (χ3n) is 3.98. The van der Waals surface area contributed by atoms with E-state index in [2.05, 4.69) is 5.32 Å². The highest BCUT2D eigenvalue weighted by Gasteiger charge is 2.26. The Balaban J connectivity index is 1.67. The summed E-state index contributed by atoms with van der Waals surface area (Å²) in [6, 6.07) is 0.